The van der Waals surface area contributed by atoms with Crippen LogP contribution < -0.4 is 0 Å². The Kier molecular flexibility index (Phi) is 9.80. The molecular weight excluding hydrogens is 128 g/mol. The second-order valence-corrected chi connectivity index (χ2v) is 1.50. The van der Waals surface area contributed by atoms with Gasteiger partial charge in [-0.3, -0.25) is 0 Å². The lowest BCUT2D eigenvalue weighted by molar-refractivity contribution is -0.138. The van der Waals surface area contributed by atoms with Crippen LogP contribution in [-0.2, 0) is 9.53 Å². The van der Waals surface area contributed by atoms with Crippen molar-refractivity contribution in [1.29, 1.82) is 0 Å². The van der Waals surface area contributed by atoms with E-state index in [0.29, 0.717) is 12.2 Å². The largest absolute Gasteiger partial charge is 0.463 e. The maximum atomic E-state index is 10.4. The standard InChI is InChI=1S/C6H10O2.C2H6/c1-4-8-6(7)5(2)3;1-2/h2,4H2,1,3H3;1-2H3. The molecule has 0 heterocycles. The van der Waals surface area contributed by atoms with E-state index < -0.39 is 0 Å². The first kappa shape index (κ1) is 11.9. The van der Waals surface area contributed by atoms with E-state index >= 15 is 0 Å². The zero-order valence-corrected chi connectivity index (χ0v) is 7.23. The van der Waals surface area contributed by atoms with E-state index in [1.165, 1.54) is 0 Å². The van der Waals surface area contributed by atoms with E-state index in [2.05, 4.69) is 11.3 Å². The number of ether oxygens (including phenoxy) is 1. The van der Waals surface area contributed by atoms with Crippen molar-refractivity contribution in [3.05, 3.63) is 12.2 Å². The summed E-state index contributed by atoms with van der Waals surface area (Å²) in [6, 6.07) is 0. The first-order valence-corrected chi connectivity index (χ1v) is 3.51. The molecule has 0 aromatic carbocycles. The van der Waals surface area contributed by atoms with Crippen LogP contribution in [0.15, 0.2) is 12.2 Å². The van der Waals surface area contributed by atoms with Crippen molar-refractivity contribution in [2.75, 3.05) is 6.61 Å². The molecule has 0 atom stereocenters. The van der Waals surface area contributed by atoms with Gasteiger partial charge in [-0.15, -0.1) is 0 Å². The lowest BCUT2D eigenvalue weighted by Gasteiger charge is -1.96. The van der Waals surface area contributed by atoms with Crippen LogP contribution in [0, 0.1) is 0 Å². The highest BCUT2D eigenvalue weighted by Crippen LogP contribution is 1.89. The van der Waals surface area contributed by atoms with E-state index in [9.17, 15) is 4.79 Å². The van der Waals surface area contributed by atoms with Gasteiger partial charge in [-0.2, -0.15) is 0 Å². The van der Waals surface area contributed by atoms with Crippen molar-refractivity contribution < 1.29 is 9.53 Å². The van der Waals surface area contributed by atoms with Gasteiger partial charge in [-0.05, 0) is 13.8 Å². The van der Waals surface area contributed by atoms with Gasteiger partial charge in [0, 0.05) is 5.57 Å². The Morgan fingerprint density at radius 3 is 2.00 bits per heavy atom. The van der Waals surface area contributed by atoms with Gasteiger partial charge < -0.3 is 4.74 Å². The summed E-state index contributed by atoms with van der Waals surface area (Å²) in [6.45, 7) is 11.2. The lowest BCUT2D eigenvalue weighted by atomic mass is 10.4. The molecule has 0 amide bonds. The Hall–Kier alpha value is -0.790. The van der Waals surface area contributed by atoms with E-state index in [1.807, 2.05) is 13.8 Å². The van der Waals surface area contributed by atoms with Crippen LogP contribution in [0.3, 0.4) is 0 Å². The zero-order chi connectivity index (χ0) is 8.57. The molecule has 0 bridgehead atoms. The fraction of sp³-hybridized carbons (Fsp3) is 0.625. The Labute approximate surface area is 62.9 Å². The number of hydrogen-bond donors (Lipinski definition) is 0. The summed E-state index contributed by atoms with van der Waals surface area (Å²) in [6.07, 6.45) is 0. The van der Waals surface area contributed by atoms with Gasteiger partial charge in [-0.25, -0.2) is 4.79 Å². The summed E-state index contributed by atoms with van der Waals surface area (Å²) in [7, 11) is 0. The third-order valence-electron chi connectivity index (χ3n) is 0.624. The van der Waals surface area contributed by atoms with Crippen LogP contribution in [0.25, 0.3) is 0 Å². The Morgan fingerprint density at radius 2 is 1.90 bits per heavy atom. The molecule has 0 aliphatic heterocycles. The Morgan fingerprint density at radius 1 is 1.50 bits per heavy atom. The second-order valence-electron chi connectivity index (χ2n) is 1.50. The molecule has 2 heteroatoms. The molecule has 10 heavy (non-hydrogen) atoms. The third-order valence-corrected chi connectivity index (χ3v) is 0.624. The highest BCUT2D eigenvalue weighted by Gasteiger charge is 1.98. The average molecular weight is 144 g/mol. The smallest absolute Gasteiger partial charge is 0.333 e. The van der Waals surface area contributed by atoms with Crippen molar-refractivity contribution >= 4 is 5.97 Å². The van der Waals surface area contributed by atoms with Crippen molar-refractivity contribution in [2.45, 2.75) is 27.7 Å². The topological polar surface area (TPSA) is 26.3 Å². The van der Waals surface area contributed by atoms with Crippen LogP contribution in [0.2, 0.25) is 0 Å². The highest BCUT2D eigenvalue weighted by molar-refractivity contribution is 5.86. The molecule has 0 saturated heterocycles. The molecular formula is C8H16O2. The molecule has 60 valence electrons. The molecule has 0 rings (SSSR count). The van der Waals surface area contributed by atoms with Gasteiger partial charge in [0.05, 0.1) is 6.61 Å². The molecule has 0 unspecified atom stereocenters. The van der Waals surface area contributed by atoms with Crippen molar-refractivity contribution in [3.63, 3.8) is 0 Å². The van der Waals surface area contributed by atoms with Gasteiger partial charge >= 0.3 is 5.97 Å². The summed E-state index contributed by atoms with van der Waals surface area (Å²) >= 11 is 0. The maximum Gasteiger partial charge on any atom is 0.333 e. The molecule has 0 N–H and O–H groups in total. The minimum Gasteiger partial charge on any atom is -0.463 e. The quantitative estimate of drug-likeness (QED) is 0.438. The molecule has 0 radical (unpaired) electrons. The van der Waals surface area contributed by atoms with Gasteiger partial charge in [-0.1, -0.05) is 20.4 Å². The lowest BCUT2D eigenvalue weighted by Crippen LogP contribution is -2.03. The minimum atomic E-state index is -0.312. The van der Waals surface area contributed by atoms with E-state index in [1.54, 1.807) is 13.8 Å². The predicted molar refractivity (Wildman–Crippen MR) is 42.8 cm³/mol. The van der Waals surface area contributed by atoms with Crippen molar-refractivity contribution in [2.24, 2.45) is 0 Å². The summed E-state index contributed by atoms with van der Waals surface area (Å²) < 4.78 is 4.56. The van der Waals surface area contributed by atoms with Gasteiger partial charge in [0.2, 0.25) is 0 Å². The van der Waals surface area contributed by atoms with Gasteiger partial charge in [0.25, 0.3) is 0 Å². The number of carbonyl (C=O) groups excluding carboxylic acids is 1. The SMILES string of the molecule is C=C(C)C(=O)OCC.CC. The number of rotatable bonds is 2. The minimum absolute atomic E-state index is 0.312. The predicted octanol–water partition coefficient (Wildman–Crippen LogP) is 2.15. The zero-order valence-electron chi connectivity index (χ0n) is 7.23. The van der Waals surface area contributed by atoms with Crippen LogP contribution in [-0.4, -0.2) is 12.6 Å². The van der Waals surface area contributed by atoms with Crippen LogP contribution in [0.5, 0.6) is 0 Å². The summed E-state index contributed by atoms with van der Waals surface area (Å²) in [5.41, 5.74) is 0.451. The molecule has 0 spiro atoms. The van der Waals surface area contributed by atoms with Crippen LogP contribution in [0.1, 0.15) is 27.7 Å². The summed E-state index contributed by atoms with van der Waals surface area (Å²) in [4.78, 5) is 10.4. The summed E-state index contributed by atoms with van der Waals surface area (Å²) in [5, 5.41) is 0. The van der Waals surface area contributed by atoms with Crippen LogP contribution >= 0.6 is 0 Å². The Balaban J connectivity index is 0. The van der Waals surface area contributed by atoms with Gasteiger partial charge in [0.1, 0.15) is 0 Å². The first-order chi connectivity index (χ1) is 4.68. The maximum absolute atomic E-state index is 10.4. The number of esters is 1. The van der Waals surface area contributed by atoms with E-state index in [4.69, 9.17) is 0 Å². The third kappa shape index (κ3) is 7.21. The van der Waals surface area contributed by atoms with Crippen LogP contribution in [0.4, 0.5) is 0 Å². The molecule has 0 aliphatic carbocycles. The fourth-order valence-electron chi connectivity index (χ4n) is 0.254. The van der Waals surface area contributed by atoms with E-state index in [-0.39, 0.29) is 5.97 Å². The monoisotopic (exact) mass is 144 g/mol. The second kappa shape index (κ2) is 8.21. The molecule has 2 nitrogen and oxygen atoms in total. The molecule has 0 fully saturated rings. The molecule has 0 aromatic heterocycles. The van der Waals surface area contributed by atoms with Crippen molar-refractivity contribution in [1.82, 2.24) is 0 Å². The number of carbonyl (C=O) groups is 1. The number of hydrogen-bond acceptors (Lipinski definition) is 2. The van der Waals surface area contributed by atoms with E-state index in [0.717, 1.165) is 0 Å². The Bertz CT molecular complexity index is 106. The molecule has 0 saturated carbocycles. The van der Waals surface area contributed by atoms with Crippen molar-refractivity contribution in [3.8, 4) is 0 Å². The van der Waals surface area contributed by atoms with Gasteiger partial charge in [0.15, 0.2) is 0 Å². The average Bonchev–Trinajstić information content (AvgIpc) is 1.93. The molecule has 0 aliphatic rings. The summed E-state index contributed by atoms with van der Waals surface area (Å²) in [5.74, 6) is -0.312. The normalized spacial score (nSPS) is 7.20. The fourth-order valence-corrected chi connectivity index (χ4v) is 0.254. The molecule has 0 aromatic rings. The highest BCUT2D eigenvalue weighted by atomic mass is 16.5. The first-order valence-electron chi connectivity index (χ1n) is 3.51.